The van der Waals surface area contributed by atoms with Crippen molar-refractivity contribution in [2.45, 2.75) is 45.8 Å². The van der Waals surface area contributed by atoms with Crippen molar-refractivity contribution < 1.29 is 9.94 Å². The summed E-state index contributed by atoms with van der Waals surface area (Å²) >= 11 is 0. The smallest absolute Gasteiger partial charge is 0.104 e. The van der Waals surface area contributed by atoms with E-state index in [1.165, 1.54) is 6.26 Å². The Morgan fingerprint density at radius 1 is 1.54 bits per heavy atom. The SMILES string of the molecule is C=CON(CC)C(C)CC(O)CC. The van der Waals surface area contributed by atoms with Gasteiger partial charge in [0.25, 0.3) is 0 Å². The number of hydrogen-bond acceptors (Lipinski definition) is 3. The van der Waals surface area contributed by atoms with Crippen LogP contribution in [0.5, 0.6) is 0 Å². The van der Waals surface area contributed by atoms with Gasteiger partial charge in [0.05, 0.1) is 6.10 Å². The van der Waals surface area contributed by atoms with Gasteiger partial charge in [-0.2, -0.15) is 0 Å². The molecule has 0 heterocycles. The zero-order valence-electron chi connectivity index (χ0n) is 8.86. The van der Waals surface area contributed by atoms with Crippen molar-refractivity contribution >= 4 is 0 Å². The second-order valence-electron chi connectivity index (χ2n) is 3.15. The first-order valence-electron chi connectivity index (χ1n) is 4.88. The molecular formula is C10H21NO2. The lowest BCUT2D eigenvalue weighted by Crippen LogP contribution is -2.34. The van der Waals surface area contributed by atoms with Crippen molar-refractivity contribution in [3.05, 3.63) is 12.8 Å². The topological polar surface area (TPSA) is 32.7 Å². The average molecular weight is 187 g/mol. The summed E-state index contributed by atoms with van der Waals surface area (Å²) in [5.74, 6) is 0. The van der Waals surface area contributed by atoms with Gasteiger partial charge in [-0.1, -0.05) is 13.5 Å². The van der Waals surface area contributed by atoms with Gasteiger partial charge < -0.3 is 9.94 Å². The van der Waals surface area contributed by atoms with Gasteiger partial charge in [-0.3, -0.25) is 0 Å². The van der Waals surface area contributed by atoms with Gasteiger partial charge in [-0.05, 0) is 26.7 Å². The molecule has 0 bridgehead atoms. The molecule has 3 nitrogen and oxygen atoms in total. The highest BCUT2D eigenvalue weighted by Gasteiger charge is 2.15. The second kappa shape index (κ2) is 6.92. The van der Waals surface area contributed by atoms with Crippen molar-refractivity contribution in [2.24, 2.45) is 0 Å². The minimum absolute atomic E-state index is 0.220. The number of rotatable bonds is 7. The largest absolute Gasteiger partial charge is 0.414 e. The maximum atomic E-state index is 9.43. The molecule has 0 aliphatic heterocycles. The Labute approximate surface area is 81.0 Å². The van der Waals surface area contributed by atoms with E-state index in [0.29, 0.717) is 0 Å². The Morgan fingerprint density at radius 3 is 2.54 bits per heavy atom. The van der Waals surface area contributed by atoms with Crippen LogP contribution in [0.25, 0.3) is 0 Å². The van der Waals surface area contributed by atoms with Crippen LogP contribution in [0, 0.1) is 0 Å². The predicted molar refractivity (Wildman–Crippen MR) is 54.0 cm³/mol. The minimum atomic E-state index is -0.238. The minimum Gasteiger partial charge on any atom is -0.414 e. The second-order valence-corrected chi connectivity index (χ2v) is 3.15. The first-order valence-corrected chi connectivity index (χ1v) is 4.88. The summed E-state index contributed by atoms with van der Waals surface area (Å²) in [4.78, 5) is 5.18. The molecule has 0 aromatic rings. The average Bonchev–Trinajstić information content (AvgIpc) is 2.13. The van der Waals surface area contributed by atoms with Gasteiger partial charge >= 0.3 is 0 Å². The van der Waals surface area contributed by atoms with Gasteiger partial charge in [0.15, 0.2) is 0 Å². The molecule has 0 aromatic heterocycles. The number of hydrogen-bond donors (Lipinski definition) is 1. The van der Waals surface area contributed by atoms with Gasteiger partial charge in [0.2, 0.25) is 0 Å². The molecule has 0 aromatic carbocycles. The number of nitrogens with zero attached hydrogens (tertiary/aromatic N) is 1. The molecule has 2 atom stereocenters. The van der Waals surface area contributed by atoms with Crippen LogP contribution in [-0.2, 0) is 4.84 Å². The molecular weight excluding hydrogens is 166 g/mol. The van der Waals surface area contributed by atoms with E-state index in [-0.39, 0.29) is 12.1 Å². The van der Waals surface area contributed by atoms with Crippen LogP contribution in [-0.4, -0.2) is 28.9 Å². The van der Waals surface area contributed by atoms with E-state index in [1.54, 1.807) is 0 Å². The number of hydroxylamine groups is 2. The highest BCUT2D eigenvalue weighted by molar-refractivity contribution is 4.65. The van der Waals surface area contributed by atoms with Crippen molar-refractivity contribution in [3.8, 4) is 0 Å². The molecule has 0 aliphatic carbocycles. The van der Waals surface area contributed by atoms with E-state index in [9.17, 15) is 5.11 Å². The van der Waals surface area contributed by atoms with Crippen LogP contribution in [0.2, 0.25) is 0 Å². The van der Waals surface area contributed by atoms with E-state index in [2.05, 4.69) is 6.58 Å². The summed E-state index contributed by atoms with van der Waals surface area (Å²) in [5.41, 5.74) is 0. The molecule has 0 radical (unpaired) electrons. The molecule has 0 rings (SSSR count). The van der Waals surface area contributed by atoms with E-state index < -0.39 is 0 Å². The third-order valence-electron chi connectivity index (χ3n) is 2.10. The Hall–Kier alpha value is -0.540. The van der Waals surface area contributed by atoms with E-state index in [1.807, 2.05) is 25.8 Å². The zero-order valence-corrected chi connectivity index (χ0v) is 8.86. The summed E-state index contributed by atoms with van der Waals surface area (Å²) in [6, 6.07) is 0.220. The first-order chi connectivity index (χ1) is 6.15. The fraction of sp³-hybridized carbons (Fsp3) is 0.800. The van der Waals surface area contributed by atoms with Gasteiger partial charge in [0.1, 0.15) is 6.26 Å². The van der Waals surface area contributed by atoms with Crippen molar-refractivity contribution in [3.63, 3.8) is 0 Å². The molecule has 13 heavy (non-hydrogen) atoms. The molecule has 0 spiro atoms. The molecule has 0 aliphatic rings. The van der Waals surface area contributed by atoms with Crippen molar-refractivity contribution in [1.82, 2.24) is 5.06 Å². The molecule has 0 fully saturated rings. The Morgan fingerprint density at radius 2 is 2.15 bits per heavy atom. The fourth-order valence-electron chi connectivity index (χ4n) is 1.26. The summed E-state index contributed by atoms with van der Waals surface area (Å²) < 4.78 is 0. The van der Waals surface area contributed by atoms with Crippen molar-refractivity contribution in [1.29, 1.82) is 0 Å². The normalized spacial score (nSPS) is 15.5. The van der Waals surface area contributed by atoms with Gasteiger partial charge in [-0.15, -0.1) is 5.06 Å². The molecule has 78 valence electrons. The fourth-order valence-corrected chi connectivity index (χ4v) is 1.26. The van der Waals surface area contributed by atoms with Crippen LogP contribution >= 0.6 is 0 Å². The summed E-state index contributed by atoms with van der Waals surface area (Å²) in [6.07, 6.45) is 2.70. The van der Waals surface area contributed by atoms with Crippen LogP contribution < -0.4 is 0 Å². The summed E-state index contributed by atoms with van der Waals surface area (Å²) in [5, 5.41) is 11.2. The molecule has 1 N–H and O–H groups in total. The third-order valence-corrected chi connectivity index (χ3v) is 2.10. The molecule has 0 saturated carbocycles. The van der Waals surface area contributed by atoms with Gasteiger partial charge in [-0.25, -0.2) is 0 Å². The molecule has 0 saturated heterocycles. The molecule has 2 unspecified atom stereocenters. The third kappa shape index (κ3) is 4.90. The monoisotopic (exact) mass is 187 g/mol. The molecule has 0 amide bonds. The Balaban J connectivity index is 3.89. The van der Waals surface area contributed by atoms with Crippen molar-refractivity contribution in [2.75, 3.05) is 6.54 Å². The van der Waals surface area contributed by atoms with Crippen LogP contribution in [0.4, 0.5) is 0 Å². The van der Waals surface area contributed by atoms with Crippen LogP contribution in [0.1, 0.15) is 33.6 Å². The standard InChI is InChI=1S/C10H21NO2/c1-5-10(12)8-9(4)11(6-2)13-7-3/h7,9-10,12H,3,5-6,8H2,1-2,4H3. The summed E-state index contributed by atoms with van der Waals surface area (Å²) in [7, 11) is 0. The van der Waals surface area contributed by atoms with E-state index in [4.69, 9.17) is 4.84 Å². The number of aliphatic hydroxyl groups excluding tert-OH is 1. The highest BCUT2D eigenvalue weighted by Crippen LogP contribution is 2.09. The quantitative estimate of drug-likeness (QED) is 0.488. The predicted octanol–water partition coefficient (Wildman–Crippen LogP) is 1.93. The zero-order chi connectivity index (χ0) is 10.3. The van der Waals surface area contributed by atoms with Crippen LogP contribution in [0.15, 0.2) is 12.8 Å². The maximum Gasteiger partial charge on any atom is 0.104 e. The summed E-state index contributed by atoms with van der Waals surface area (Å²) in [6.45, 7) is 10.3. The number of aliphatic hydroxyl groups is 1. The highest BCUT2D eigenvalue weighted by atomic mass is 16.7. The Bertz CT molecular complexity index is 139. The first kappa shape index (κ1) is 12.5. The lowest BCUT2D eigenvalue weighted by Gasteiger charge is -2.26. The van der Waals surface area contributed by atoms with E-state index in [0.717, 1.165) is 19.4 Å². The maximum absolute atomic E-state index is 9.43. The van der Waals surface area contributed by atoms with Gasteiger partial charge in [0, 0.05) is 12.6 Å². The Kier molecular flexibility index (Phi) is 6.63. The lowest BCUT2D eigenvalue weighted by atomic mass is 10.1. The van der Waals surface area contributed by atoms with E-state index >= 15 is 0 Å². The molecule has 3 heteroatoms. The van der Waals surface area contributed by atoms with Crippen LogP contribution in [0.3, 0.4) is 0 Å². The lowest BCUT2D eigenvalue weighted by molar-refractivity contribution is -0.135.